The lowest BCUT2D eigenvalue weighted by molar-refractivity contribution is 0.567. The summed E-state index contributed by atoms with van der Waals surface area (Å²) < 4.78 is 8.98. The number of thioether (sulfide) groups is 1. The Morgan fingerprint density at radius 1 is 1.23 bits per heavy atom. The van der Waals surface area contributed by atoms with E-state index in [9.17, 15) is 4.79 Å². The van der Waals surface area contributed by atoms with Gasteiger partial charge in [0.25, 0.3) is 5.56 Å². The molecule has 4 rings (SSSR count). The molecule has 0 N–H and O–H groups in total. The first-order chi connectivity index (χ1) is 12.7. The Kier molecular flexibility index (Phi) is 4.34. The molecule has 0 fully saturated rings. The Morgan fingerprint density at radius 2 is 2.12 bits per heavy atom. The van der Waals surface area contributed by atoms with Gasteiger partial charge in [0.05, 0.1) is 12.0 Å². The lowest BCUT2D eigenvalue weighted by Crippen LogP contribution is -2.15. The molecule has 4 aromatic rings. The first-order valence-corrected chi connectivity index (χ1v) is 9.23. The van der Waals surface area contributed by atoms with E-state index in [1.807, 2.05) is 42.7 Å². The van der Waals surface area contributed by atoms with Crippen molar-refractivity contribution >= 4 is 17.4 Å². The van der Waals surface area contributed by atoms with Gasteiger partial charge in [-0.05, 0) is 37.6 Å². The Morgan fingerprint density at radius 3 is 2.88 bits per heavy atom. The molecule has 26 heavy (non-hydrogen) atoms. The molecule has 4 heterocycles. The van der Waals surface area contributed by atoms with Gasteiger partial charge in [0, 0.05) is 24.6 Å². The molecule has 0 amide bonds. The van der Waals surface area contributed by atoms with E-state index in [1.165, 1.54) is 11.8 Å². The van der Waals surface area contributed by atoms with Gasteiger partial charge >= 0.3 is 0 Å². The van der Waals surface area contributed by atoms with Crippen molar-refractivity contribution in [3.05, 3.63) is 64.4 Å². The first-order valence-electron chi connectivity index (χ1n) is 8.25. The van der Waals surface area contributed by atoms with Crippen LogP contribution in [-0.4, -0.2) is 24.1 Å². The van der Waals surface area contributed by atoms with Crippen molar-refractivity contribution in [1.82, 2.24) is 24.1 Å². The van der Waals surface area contributed by atoms with Crippen LogP contribution >= 0.6 is 11.8 Å². The third kappa shape index (κ3) is 2.92. The van der Waals surface area contributed by atoms with Crippen LogP contribution in [0.4, 0.5) is 0 Å². The number of furan rings is 1. The number of aromatic nitrogens is 5. The van der Waals surface area contributed by atoms with Gasteiger partial charge in [-0.1, -0.05) is 17.8 Å². The lowest BCUT2D eigenvalue weighted by Gasteiger charge is -2.07. The smallest absolute Gasteiger partial charge is 0.258 e. The van der Waals surface area contributed by atoms with E-state index >= 15 is 0 Å². The summed E-state index contributed by atoms with van der Waals surface area (Å²) in [4.78, 5) is 16.9. The van der Waals surface area contributed by atoms with E-state index in [2.05, 4.69) is 15.2 Å². The molecule has 8 heteroatoms. The minimum absolute atomic E-state index is 0.0810. The molecular weight excluding hydrogens is 350 g/mol. The van der Waals surface area contributed by atoms with E-state index in [0.717, 1.165) is 23.0 Å². The molecule has 0 saturated carbocycles. The lowest BCUT2D eigenvalue weighted by atomic mass is 10.3. The molecule has 132 valence electrons. The van der Waals surface area contributed by atoms with Gasteiger partial charge in [-0.15, -0.1) is 10.2 Å². The summed E-state index contributed by atoms with van der Waals surface area (Å²) in [6.45, 7) is 4.70. The van der Waals surface area contributed by atoms with Crippen molar-refractivity contribution < 1.29 is 4.42 Å². The van der Waals surface area contributed by atoms with Crippen molar-refractivity contribution in [3.8, 4) is 11.6 Å². The van der Waals surface area contributed by atoms with Gasteiger partial charge in [-0.2, -0.15) is 0 Å². The van der Waals surface area contributed by atoms with Crippen LogP contribution < -0.4 is 5.56 Å². The predicted octanol–water partition coefficient (Wildman–Crippen LogP) is 3.17. The number of pyridine rings is 1. The molecule has 0 radical (unpaired) electrons. The monoisotopic (exact) mass is 367 g/mol. The number of hydrogen-bond acceptors (Lipinski definition) is 6. The fourth-order valence-electron chi connectivity index (χ4n) is 2.79. The van der Waals surface area contributed by atoms with Gasteiger partial charge in [0.1, 0.15) is 5.65 Å². The second-order valence-corrected chi connectivity index (χ2v) is 6.73. The van der Waals surface area contributed by atoms with Crippen molar-refractivity contribution in [3.63, 3.8) is 0 Å². The Labute approximate surface area is 153 Å². The summed E-state index contributed by atoms with van der Waals surface area (Å²) >= 11 is 1.50. The summed E-state index contributed by atoms with van der Waals surface area (Å²) in [5, 5.41) is 9.27. The Bertz CT molecular complexity index is 1110. The van der Waals surface area contributed by atoms with Gasteiger partial charge in [-0.3, -0.25) is 13.8 Å². The molecule has 0 aliphatic carbocycles. The normalized spacial score (nSPS) is 11.3. The zero-order valence-electron chi connectivity index (χ0n) is 14.4. The van der Waals surface area contributed by atoms with E-state index in [4.69, 9.17) is 4.42 Å². The maximum absolute atomic E-state index is 12.3. The molecule has 7 nitrogen and oxygen atoms in total. The Balaban J connectivity index is 1.63. The number of rotatable bonds is 5. The highest BCUT2D eigenvalue weighted by molar-refractivity contribution is 7.98. The molecule has 0 aliphatic rings. The standard InChI is InChI=1S/C18H17N5O2S/c1-3-22-17(14-7-5-9-25-14)20-21-18(22)26-11-13-10-15(24)23-8-4-6-12(2)16(23)19-13/h4-10H,3,11H2,1-2H3. The van der Waals surface area contributed by atoms with Crippen LogP contribution in [0.2, 0.25) is 0 Å². The topological polar surface area (TPSA) is 78.2 Å². The zero-order valence-corrected chi connectivity index (χ0v) is 15.2. The molecule has 0 aromatic carbocycles. The van der Waals surface area contributed by atoms with Crippen molar-refractivity contribution in [1.29, 1.82) is 0 Å². The molecule has 0 saturated heterocycles. The average molecular weight is 367 g/mol. The SMILES string of the molecule is CCn1c(SCc2cc(=O)n3cccc(C)c3n2)nnc1-c1ccco1. The van der Waals surface area contributed by atoms with Crippen LogP contribution in [-0.2, 0) is 12.3 Å². The zero-order chi connectivity index (χ0) is 18.1. The first kappa shape index (κ1) is 16.6. The van der Waals surface area contributed by atoms with Crippen LogP contribution in [0.5, 0.6) is 0 Å². The minimum Gasteiger partial charge on any atom is -0.461 e. The van der Waals surface area contributed by atoms with E-state index < -0.39 is 0 Å². The number of fused-ring (bicyclic) bond motifs is 1. The summed E-state index contributed by atoms with van der Waals surface area (Å²) in [6, 6.07) is 9.05. The second-order valence-electron chi connectivity index (χ2n) is 5.79. The average Bonchev–Trinajstić information content (AvgIpc) is 3.30. The highest BCUT2D eigenvalue weighted by Crippen LogP contribution is 2.26. The van der Waals surface area contributed by atoms with Crippen LogP contribution in [0, 0.1) is 6.92 Å². The van der Waals surface area contributed by atoms with Gasteiger partial charge in [0.15, 0.2) is 16.7 Å². The fourth-order valence-corrected chi connectivity index (χ4v) is 3.68. The summed E-state index contributed by atoms with van der Waals surface area (Å²) in [5.41, 5.74) is 2.29. The van der Waals surface area contributed by atoms with Crippen molar-refractivity contribution in [2.45, 2.75) is 31.3 Å². The van der Waals surface area contributed by atoms with E-state index in [-0.39, 0.29) is 5.56 Å². The van der Waals surface area contributed by atoms with E-state index in [0.29, 0.717) is 23.0 Å². The van der Waals surface area contributed by atoms with Crippen LogP contribution in [0.1, 0.15) is 18.2 Å². The number of hydrogen-bond donors (Lipinski definition) is 0. The Hall–Kier alpha value is -2.87. The molecule has 4 aromatic heterocycles. The third-order valence-corrected chi connectivity index (χ3v) is 5.06. The largest absolute Gasteiger partial charge is 0.461 e. The number of nitrogens with zero attached hydrogens (tertiary/aromatic N) is 5. The second kappa shape index (κ2) is 6.80. The summed E-state index contributed by atoms with van der Waals surface area (Å²) in [7, 11) is 0. The maximum Gasteiger partial charge on any atom is 0.258 e. The quantitative estimate of drug-likeness (QED) is 0.504. The summed E-state index contributed by atoms with van der Waals surface area (Å²) in [6.07, 6.45) is 3.35. The molecule has 0 bridgehead atoms. The third-order valence-electron chi connectivity index (χ3n) is 4.06. The van der Waals surface area contributed by atoms with Gasteiger partial charge < -0.3 is 4.42 Å². The van der Waals surface area contributed by atoms with Crippen molar-refractivity contribution in [2.75, 3.05) is 0 Å². The summed E-state index contributed by atoms with van der Waals surface area (Å²) in [5.74, 6) is 1.92. The number of aryl methyl sites for hydroxylation is 1. The molecule has 0 spiro atoms. The van der Waals surface area contributed by atoms with Gasteiger partial charge in [-0.25, -0.2) is 4.98 Å². The van der Waals surface area contributed by atoms with E-state index in [1.54, 1.807) is 22.9 Å². The highest BCUT2D eigenvalue weighted by Gasteiger charge is 2.15. The predicted molar refractivity (Wildman–Crippen MR) is 99.2 cm³/mol. The molecule has 0 aliphatic heterocycles. The maximum atomic E-state index is 12.3. The van der Waals surface area contributed by atoms with Crippen LogP contribution in [0.25, 0.3) is 17.2 Å². The van der Waals surface area contributed by atoms with Crippen LogP contribution in [0.15, 0.2) is 57.2 Å². The van der Waals surface area contributed by atoms with Gasteiger partial charge in [0.2, 0.25) is 0 Å². The fraction of sp³-hybridized carbons (Fsp3) is 0.222. The molecule has 0 unspecified atom stereocenters. The molecular formula is C18H17N5O2S. The van der Waals surface area contributed by atoms with Crippen LogP contribution in [0.3, 0.4) is 0 Å². The molecule has 0 atom stereocenters. The highest BCUT2D eigenvalue weighted by atomic mass is 32.2. The van der Waals surface area contributed by atoms with Crippen molar-refractivity contribution in [2.24, 2.45) is 0 Å². The minimum atomic E-state index is -0.0810.